The Morgan fingerprint density at radius 1 is 1.25 bits per heavy atom. The van der Waals surface area contributed by atoms with E-state index in [1.807, 2.05) is 30.0 Å². The summed E-state index contributed by atoms with van der Waals surface area (Å²) in [7, 11) is 1.70. The number of guanidine groups is 1. The van der Waals surface area contributed by atoms with E-state index in [-0.39, 0.29) is 0 Å². The minimum absolute atomic E-state index is 0.381. The van der Waals surface area contributed by atoms with E-state index < -0.39 is 12.2 Å². The van der Waals surface area contributed by atoms with E-state index in [1.165, 1.54) is 17.4 Å². The Kier molecular flexibility index (Phi) is 6.10. The second kappa shape index (κ2) is 7.88. The van der Waals surface area contributed by atoms with Gasteiger partial charge in [-0.05, 0) is 19.4 Å². The molecule has 0 aromatic heterocycles. The van der Waals surface area contributed by atoms with Crippen molar-refractivity contribution in [1.82, 2.24) is 15.1 Å². The highest BCUT2D eigenvalue weighted by molar-refractivity contribution is 5.80. The highest BCUT2D eigenvalue weighted by Gasteiger charge is 2.41. The smallest absolute Gasteiger partial charge is 0.352 e. The first kappa shape index (κ1) is 18.6. The molecular weight excluding hydrogens is 317 g/mol. The van der Waals surface area contributed by atoms with Gasteiger partial charge in [-0.3, -0.25) is 9.89 Å². The number of aryl methyl sites for hydroxylation is 1. The number of nitrogens with zero attached hydrogens (tertiary/aromatic N) is 3. The average Bonchev–Trinajstić information content (AvgIpc) is 2.54. The van der Waals surface area contributed by atoms with Crippen LogP contribution in [0.2, 0.25) is 0 Å². The Morgan fingerprint density at radius 2 is 1.92 bits per heavy atom. The highest BCUT2D eigenvalue weighted by Crippen LogP contribution is 2.25. The van der Waals surface area contributed by atoms with Gasteiger partial charge in [0, 0.05) is 39.8 Å². The molecule has 1 aliphatic heterocycles. The lowest BCUT2D eigenvalue weighted by Crippen LogP contribution is -2.56. The van der Waals surface area contributed by atoms with Crippen LogP contribution in [0.4, 0.5) is 13.2 Å². The second-order valence-corrected chi connectivity index (χ2v) is 6.13. The Hall–Kier alpha value is -1.76. The Bertz CT molecular complexity index is 563. The fraction of sp³-hybridized carbons (Fsp3) is 0.588. The van der Waals surface area contributed by atoms with Crippen LogP contribution in [-0.2, 0) is 6.54 Å². The molecule has 1 aromatic carbocycles. The minimum atomic E-state index is -4.17. The van der Waals surface area contributed by atoms with Gasteiger partial charge < -0.3 is 10.2 Å². The number of hydrogen-bond donors (Lipinski definition) is 1. The first-order chi connectivity index (χ1) is 11.3. The Morgan fingerprint density at radius 3 is 2.46 bits per heavy atom. The molecule has 1 aliphatic rings. The van der Waals surface area contributed by atoms with Gasteiger partial charge >= 0.3 is 6.18 Å². The molecule has 4 nitrogen and oxygen atoms in total. The fourth-order valence-corrected chi connectivity index (χ4v) is 2.86. The molecule has 1 atom stereocenters. The monoisotopic (exact) mass is 342 g/mol. The Labute approximate surface area is 141 Å². The van der Waals surface area contributed by atoms with Gasteiger partial charge in [0.05, 0.1) is 0 Å². The van der Waals surface area contributed by atoms with Gasteiger partial charge in [-0.2, -0.15) is 13.2 Å². The summed E-state index contributed by atoms with van der Waals surface area (Å²) < 4.78 is 38.4. The SMILES string of the molecule is CN=C(NCc1cccc(C)c1)N1CCN(C(C)C(F)(F)F)CC1. The van der Waals surface area contributed by atoms with Crippen molar-refractivity contribution in [2.45, 2.75) is 32.6 Å². The first-order valence-electron chi connectivity index (χ1n) is 8.13. The van der Waals surface area contributed by atoms with Crippen molar-refractivity contribution in [1.29, 1.82) is 0 Å². The van der Waals surface area contributed by atoms with Crippen molar-refractivity contribution < 1.29 is 13.2 Å². The van der Waals surface area contributed by atoms with Gasteiger partial charge in [0.2, 0.25) is 0 Å². The Balaban J connectivity index is 1.87. The number of aliphatic imine (C=N–C) groups is 1. The lowest BCUT2D eigenvalue weighted by Gasteiger charge is -2.39. The van der Waals surface area contributed by atoms with Gasteiger partial charge in [0.25, 0.3) is 0 Å². The average molecular weight is 342 g/mol. The number of rotatable bonds is 3. The summed E-state index contributed by atoms with van der Waals surface area (Å²) in [4.78, 5) is 7.74. The van der Waals surface area contributed by atoms with Crippen LogP contribution in [0.15, 0.2) is 29.3 Å². The molecule has 1 unspecified atom stereocenters. The fourth-order valence-electron chi connectivity index (χ4n) is 2.86. The van der Waals surface area contributed by atoms with Crippen LogP contribution in [0.3, 0.4) is 0 Å². The van der Waals surface area contributed by atoms with E-state index >= 15 is 0 Å². The molecule has 1 fully saturated rings. The van der Waals surface area contributed by atoms with Crippen LogP contribution in [0.25, 0.3) is 0 Å². The molecule has 1 N–H and O–H groups in total. The molecule has 1 heterocycles. The first-order valence-corrected chi connectivity index (χ1v) is 8.13. The molecule has 0 bridgehead atoms. The maximum absolute atomic E-state index is 12.8. The lowest BCUT2D eigenvalue weighted by molar-refractivity contribution is -0.181. The molecular formula is C17H25F3N4. The largest absolute Gasteiger partial charge is 0.403 e. The molecule has 1 aromatic rings. The van der Waals surface area contributed by atoms with Crippen molar-refractivity contribution in [3.05, 3.63) is 35.4 Å². The number of halogens is 3. The van der Waals surface area contributed by atoms with E-state index in [4.69, 9.17) is 0 Å². The molecule has 0 spiro atoms. The number of nitrogens with one attached hydrogen (secondary N) is 1. The van der Waals surface area contributed by atoms with Gasteiger partial charge in [-0.15, -0.1) is 0 Å². The van der Waals surface area contributed by atoms with Crippen LogP contribution in [0.5, 0.6) is 0 Å². The van der Waals surface area contributed by atoms with E-state index in [2.05, 4.69) is 16.4 Å². The molecule has 1 saturated heterocycles. The van der Waals surface area contributed by atoms with Crippen molar-refractivity contribution in [2.75, 3.05) is 33.2 Å². The van der Waals surface area contributed by atoms with Crippen LogP contribution < -0.4 is 5.32 Å². The lowest BCUT2D eigenvalue weighted by atomic mass is 10.1. The van der Waals surface area contributed by atoms with Crippen molar-refractivity contribution in [3.8, 4) is 0 Å². The number of alkyl halides is 3. The minimum Gasteiger partial charge on any atom is -0.352 e. The zero-order chi connectivity index (χ0) is 17.7. The normalized spacial score (nSPS) is 18.6. The van der Waals surface area contributed by atoms with E-state index in [0.717, 1.165) is 11.5 Å². The van der Waals surface area contributed by atoms with E-state index in [0.29, 0.717) is 32.7 Å². The topological polar surface area (TPSA) is 30.9 Å². The summed E-state index contributed by atoms with van der Waals surface area (Å²) in [5, 5.41) is 3.29. The quantitative estimate of drug-likeness (QED) is 0.677. The van der Waals surface area contributed by atoms with Crippen LogP contribution in [0, 0.1) is 6.92 Å². The van der Waals surface area contributed by atoms with Gasteiger partial charge in [-0.1, -0.05) is 29.8 Å². The molecule has 134 valence electrons. The van der Waals surface area contributed by atoms with Crippen LogP contribution in [0.1, 0.15) is 18.1 Å². The summed E-state index contributed by atoms with van der Waals surface area (Å²) in [5.41, 5.74) is 2.35. The zero-order valence-corrected chi connectivity index (χ0v) is 14.4. The number of piperazine rings is 1. The molecule has 7 heteroatoms. The summed E-state index contributed by atoms with van der Waals surface area (Å²) in [6.07, 6.45) is -4.17. The van der Waals surface area contributed by atoms with E-state index in [9.17, 15) is 13.2 Å². The summed E-state index contributed by atoms with van der Waals surface area (Å²) in [6.45, 7) is 5.74. The maximum atomic E-state index is 12.8. The standard InChI is InChI=1S/C17H25F3N4/c1-13-5-4-6-15(11-13)12-22-16(21-3)24-9-7-23(8-10-24)14(2)17(18,19)20/h4-6,11,14H,7-10,12H2,1-3H3,(H,21,22). The van der Waals surface area contributed by atoms with Gasteiger partial charge in [-0.25, -0.2) is 0 Å². The summed E-state index contributed by atoms with van der Waals surface area (Å²) >= 11 is 0. The molecule has 2 rings (SSSR count). The van der Waals surface area contributed by atoms with Gasteiger partial charge in [0.15, 0.2) is 5.96 Å². The van der Waals surface area contributed by atoms with Crippen LogP contribution >= 0.6 is 0 Å². The number of benzene rings is 1. The second-order valence-electron chi connectivity index (χ2n) is 6.13. The molecule has 0 saturated carbocycles. The third-order valence-corrected chi connectivity index (χ3v) is 4.38. The highest BCUT2D eigenvalue weighted by atomic mass is 19.4. The van der Waals surface area contributed by atoms with Crippen molar-refractivity contribution in [3.63, 3.8) is 0 Å². The summed E-state index contributed by atoms with van der Waals surface area (Å²) in [5.74, 6) is 0.732. The molecule has 0 aliphatic carbocycles. The maximum Gasteiger partial charge on any atom is 0.403 e. The van der Waals surface area contributed by atoms with Crippen LogP contribution in [-0.4, -0.2) is 61.2 Å². The predicted molar refractivity (Wildman–Crippen MR) is 90.0 cm³/mol. The molecule has 24 heavy (non-hydrogen) atoms. The third kappa shape index (κ3) is 4.87. The molecule has 0 amide bonds. The van der Waals surface area contributed by atoms with Crippen molar-refractivity contribution in [2.24, 2.45) is 4.99 Å². The van der Waals surface area contributed by atoms with E-state index in [1.54, 1.807) is 7.05 Å². The number of hydrogen-bond acceptors (Lipinski definition) is 2. The zero-order valence-electron chi connectivity index (χ0n) is 14.4. The summed E-state index contributed by atoms with van der Waals surface area (Å²) in [6, 6.07) is 6.78. The third-order valence-electron chi connectivity index (χ3n) is 4.38. The van der Waals surface area contributed by atoms with Gasteiger partial charge in [0.1, 0.15) is 6.04 Å². The predicted octanol–water partition coefficient (Wildman–Crippen LogP) is 2.64. The molecule has 0 radical (unpaired) electrons. The van der Waals surface area contributed by atoms with Crippen molar-refractivity contribution >= 4 is 5.96 Å².